The van der Waals surface area contributed by atoms with Gasteiger partial charge in [0.15, 0.2) is 0 Å². The predicted molar refractivity (Wildman–Crippen MR) is 83.5 cm³/mol. The molecule has 0 aromatic carbocycles. The van der Waals surface area contributed by atoms with E-state index < -0.39 is 35.0 Å². The number of aryl methyl sites for hydroxylation is 1. The Morgan fingerprint density at radius 1 is 1.35 bits per heavy atom. The second-order valence-corrected chi connectivity index (χ2v) is 6.08. The Morgan fingerprint density at radius 3 is 2.52 bits per heavy atom. The number of hydrogen-bond acceptors (Lipinski definition) is 6. The van der Waals surface area contributed by atoms with Crippen LogP contribution in [-0.2, 0) is 4.74 Å². The molecule has 0 saturated carbocycles. The Bertz CT molecular complexity index is 698. The van der Waals surface area contributed by atoms with Crippen LogP contribution in [0.15, 0.2) is 15.8 Å². The smallest absolute Gasteiger partial charge is 0.408 e. The van der Waals surface area contributed by atoms with Crippen molar-refractivity contribution in [2.45, 2.75) is 46.4 Å². The van der Waals surface area contributed by atoms with E-state index in [0.29, 0.717) is 0 Å². The molecule has 128 valence electrons. The summed E-state index contributed by atoms with van der Waals surface area (Å²) < 4.78 is 5.89. The van der Waals surface area contributed by atoms with E-state index in [1.54, 1.807) is 27.7 Å². The summed E-state index contributed by atoms with van der Waals surface area (Å²) in [7, 11) is 0. The lowest BCUT2D eigenvalue weighted by Crippen LogP contribution is -2.48. The van der Waals surface area contributed by atoms with Crippen molar-refractivity contribution in [3.05, 3.63) is 32.6 Å². The minimum atomic E-state index is -0.805. The molecule has 1 amide bonds. The molecule has 0 fully saturated rings. The van der Waals surface area contributed by atoms with Crippen molar-refractivity contribution in [3.63, 3.8) is 0 Å². The Hall–Kier alpha value is -2.42. The van der Waals surface area contributed by atoms with Crippen LogP contribution >= 0.6 is 0 Å². The molecular formula is C14H22N4O5. The Kier molecular flexibility index (Phi) is 5.85. The summed E-state index contributed by atoms with van der Waals surface area (Å²) >= 11 is 0. The summed E-state index contributed by atoms with van der Waals surface area (Å²) in [6, 6.07) is 0. The number of nitrogens with one attached hydrogen (secondary N) is 3. The summed E-state index contributed by atoms with van der Waals surface area (Å²) in [6.07, 6.45) is 0.00676. The monoisotopic (exact) mass is 326 g/mol. The largest absolute Gasteiger partial charge is 0.444 e. The number of rotatable bonds is 4. The molecule has 1 heterocycles. The van der Waals surface area contributed by atoms with Crippen LogP contribution in [0.4, 0.5) is 4.79 Å². The van der Waals surface area contributed by atoms with Gasteiger partial charge in [0.1, 0.15) is 5.60 Å². The van der Waals surface area contributed by atoms with Gasteiger partial charge in [0, 0.05) is 11.8 Å². The normalized spacial score (nSPS) is 12.6. The number of aromatic amines is 1. The van der Waals surface area contributed by atoms with Gasteiger partial charge in [0.2, 0.25) is 5.91 Å². The topological polar surface area (TPSA) is 122 Å². The van der Waals surface area contributed by atoms with Gasteiger partial charge in [-0.15, -0.1) is 0 Å². The second kappa shape index (κ2) is 7.23. The molecule has 1 aromatic rings. The third kappa shape index (κ3) is 6.07. The zero-order chi connectivity index (χ0) is 17.8. The second-order valence-electron chi connectivity index (χ2n) is 6.08. The number of H-pyrrole nitrogens is 1. The third-order valence-electron chi connectivity index (χ3n) is 2.68. The van der Waals surface area contributed by atoms with Gasteiger partial charge < -0.3 is 10.1 Å². The van der Waals surface area contributed by atoms with Gasteiger partial charge in [-0.3, -0.25) is 19.9 Å². The fourth-order valence-corrected chi connectivity index (χ4v) is 1.61. The molecule has 1 atom stereocenters. The number of amides is 1. The molecule has 1 unspecified atom stereocenters. The third-order valence-corrected chi connectivity index (χ3v) is 2.68. The number of ether oxygens (including phenoxy) is 1. The molecule has 9 heteroatoms. The highest BCUT2D eigenvalue weighted by atomic mass is 16.6. The number of nitrogens with zero attached hydrogens (tertiary/aromatic N) is 1. The van der Waals surface area contributed by atoms with Crippen LogP contribution in [0, 0.1) is 6.92 Å². The SMILES string of the molecule is Cc1cn(C(=O)CNC(C)NC(=O)OC(C)(C)C)c(=O)[nH]c1=O. The minimum Gasteiger partial charge on any atom is -0.444 e. The quantitative estimate of drug-likeness (QED) is 0.667. The first-order chi connectivity index (χ1) is 10.5. The van der Waals surface area contributed by atoms with Crippen LogP contribution in [0.25, 0.3) is 0 Å². The Labute approximate surface area is 133 Å². The summed E-state index contributed by atoms with van der Waals surface area (Å²) in [5.74, 6) is -0.563. The van der Waals surface area contributed by atoms with E-state index in [1.165, 1.54) is 13.1 Å². The molecule has 0 aliphatic rings. The van der Waals surface area contributed by atoms with Crippen LogP contribution in [-0.4, -0.2) is 39.9 Å². The first-order valence-corrected chi connectivity index (χ1v) is 7.08. The van der Waals surface area contributed by atoms with Gasteiger partial charge in [-0.2, -0.15) is 0 Å². The fourth-order valence-electron chi connectivity index (χ4n) is 1.61. The first kappa shape index (κ1) is 18.6. The van der Waals surface area contributed by atoms with Crippen molar-refractivity contribution < 1.29 is 14.3 Å². The van der Waals surface area contributed by atoms with Crippen molar-refractivity contribution in [1.29, 1.82) is 0 Å². The van der Waals surface area contributed by atoms with Crippen LogP contribution in [0.1, 0.15) is 38.1 Å². The van der Waals surface area contributed by atoms with E-state index in [-0.39, 0.29) is 12.1 Å². The summed E-state index contributed by atoms with van der Waals surface area (Å²) in [4.78, 5) is 48.4. The molecule has 1 rings (SSSR count). The zero-order valence-electron chi connectivity index (χ0n) is 13.9. The van der Waals surface area contributed by atoms with E-state index in [9.17, 15) is 19.2 Å². The van der Waals surface area contributed by atoms with E-state index in [2.05, 4.69) is 10.6 Å². The van der Waals surface area contributed by atoms with Crippen molar-refractivity contribution in [2.24, 2.45) is 0 Å². The van der Waals surface area contributed by atoms with Gasteiger partial charge in [-0.05, 0) is 34.6 Å². The van der Waals surface area contributed by atoms with Gasteiger partial charge >= 0.3 is 11.8 Å². The maximum absolute atomic E-state index is 12.0. The molecule has 23 heavy (non-hydrogen) atoms. The van der Waals surface area contributed by atoms with Gasteiger partial charge in [-0.25, -0.2) is 14.2 Å². The number of carbonyl (C=O) groups excluding carboxylic acids is 2. The van der Waals surface area contributed by atoms with Crippen molar-refractivity contribution >= 4 is 12.0 Å². The molecule has 0 saturated heterocycles. The van der Waals surface area contributed by atoms with Crippen LogP contribution in [0.2, 0.25) is 0 Å². The van der Waals surface area contributed by atoms with Crippen molar-refractivity contribution in [3.8, 4) is 0 Å². The average Bonchev–Trinajstić information content (AvgIpc) is 2.37. The maximum Gasteiger partial charge on any atom is 0.408 e. The number of hydrogen-bond donors (Lipinski definition) is 3. The fraction of sp³-hybridized carbons (Fsp3) is 0.571. The van der Waals surface area contributed by atoms with Crippen LogP contribution in [0.5, 0.6) is 0 Å². The maximum atomic E-state index is 12.0. The molecule has 3 N–H and O–H groups in total. The average molecular weight is 326 g/mol. The highest BCUT2D eigenvalue weighted by Gasteiger charge is 2.18. The number of alkyl carbamates (subject to hydrolysis) is 1. The highest BCUT2D eigenvalue weighted by molar-refractivity contribution is 5.80. The molecule has 0 aliphatic heterocycles. The molecule has 0 spiro atoms. The molecule has 1 aromatic heterocycles. The molecular weight excluding hydrogens is 304 g/mol. The Balaban J connectivity index is 2.60. The number of aromatic nitrogens is 2. The van der Waals surface area contributed by atoms with E-state index >= 15 is 0 Å². The summed E-state index contributed by atoms with van der Waals surface area (Å²) in [6.45, 7) is 8.11. The zero-order valence-corrected chi connectivity index (χ0v) is 13.9. The molecule has 0 aliphatic carbocycles. The van der Waals surface area contributed by atoms with E-state index in [0.717, 1.165) is 4.57 Å². The number of carbonyl (C=O) groups is 2. The first-order valence-electron chi connectivity index (χ1n) is 7.08. The van der Waals surface area contributed by atoms with Gasteiger partial charge in [0.05, 0.1) is 12.7 Å². The lowest BCUT2D eigenvalue weighted by atomic mass is 10.2. The van der Waals surface area contributed by atoms with Gasteiger partial charge in [-0.1, -0.05) is 0 Å². The molecule has 0 bridgehead atoms. The van der Waals surface area contributed by atoms with Crippen molar-refractivity contribution in [2.75, 3.05) is 6.54 Å². The van der Waals surface area contributed by atoms with E-state index in [4.69, 9.17) is 4.74 Å². The minimum absolute atomic E-state index is 0.206. The summed E-state index contributed by atoms with van der Waals surface area (Å²) in [5.41, 5.74) is -1.72. The lowest BCUT2D eigenvalue weighted by molar-refractivity contribution is 0.0497. The molecule has 0 radical (unpaired) electrons. The Morgan fingerprint density at radius 2 is 1.96 bits per heavy atom. The van der Waals surface area contributed by atoms with Crippen LogP contribution < -0.4 is 21.9 Å². The molecule has 9 nitrogen and oxygen atoms in total. The lowest BCUT2D eigenvalue weighted by Gasteiger charge is -2.22. The standard InChI is InChI=1S/C14H22N4O5/c1-8-7-18(12(21)17-11(8)20)10(19)6-15-9(2)16-13(22)23-14(3,4)5/h7,9,15H,6H2,1-5H3,(H,16,22)(H,17,20,21). The van der Waals surface area contributed by atoms with Crippen molar-refractivity contribution in [1.82, 2.24) is 20.2 Å². The van der Waals surface area contributed by atoms with E-state index in [1.807, 2.05) is 4.98 Å². The highest BCUT2D eigenvalue weighted by Crippen LogP contribution is 2.06. The summed E-state index contributed by atoms with van der Waals surface area (Å²) in [5, 5.41) is 5.25. The predicted octanol–water partition coefficient (Wildman–Crippen LogP) is -0.0545. The van der Waals surface area contributed by atoms with Crippen LogP contribution in [0.3, 0.4) is 0 Å². The van der Waals surface area contributed by atoms with Gasteiger partial charge in [0.25, 0.3) is 5.56 Å².